The van der Waals surface area contributed by atoms with E-state index in [4.69, 9.17) is 0 Å². The van der Waals surface area contributed by atoms with E-state index in [-0.39, 0.29) is 0 Å². The molecule has 94 valence electrons. The maximum absolute atomic E-state index is 4.57. The van der Waals surface area contributed by atoms with Gasteiger partial charge < -0.3 is 10.2 Å². The minimum Gasteiger partial charge on any atom is -0.368 e. The number of aromatic nitrogens is 1. The van der Waals surface area contributed by atoms with Crippen molar-refractivity contribution in [3.63, 3.8) is 0 Å². The largest absolute Gasteiger partial charge is 0.368 e. The molecular weight excluding hydrogens is 210 g/mol. The van der Waals surface area contributed by atoms with E-state index in [0.29, 0.717) is 12.1 Å². The molecule has 3 heteroatoms. The molecule has 1 N–H and O–H groups in total. The zero-order valence-corrected chi connectivity index (χ0v) is 11.1. The Balaban J connectivity index is 2.07. The molecule has 0 saturated carbocycles. The van der Waals surface area contributed by atoms with Gasteiger partial charge in [0, 0.05) is 18.6 Å². The normalized spacial score (nSPS) is 21.8. The highest BCUT2D eigenvalue weighted by Gasteiger charge is 2.20. The molecule has 0 amide bonds. The van der Waals surface area contributed by atoms with Crippen LogP contribution in [0, 0.1) is 0 Å². The second kappa shape index (κ2) is 5.50. The van der Waals surface area contributed by atoms with Gasteiger partial charge in [0.25, 0.3) is 0 Å². The number of nitrogens with zero attached hydrogens (tertiary/aromatic N) is 2. The number of hydrogen-bond acceptors (Lipinski definition) is 3. The molecule has 1 saturated heterocycles. The third-order valence-corrected chi connectivity index (χ3v) is 3.61. The Bertz CT molecular complexity index is 347. The van der Waals surface area contributed by atoms with Crippen molar-refractivity contribution in [3.05, 3.63) is 24.0 Å². The van der Waals surface area contributed by atoms with Crippen molar-refractivity contribution in [2.24, 2.45) is 0 Å². The smallest absolute Gasteiger partial charge is 0.0572 e. The lowest BCUT2D eigenvalue weighted by molar-refractivity contribution is 0.583. The quantitative estimate of drug-likeness (QED) is 0.866. The van der Waals surface area contributed by atoms with Gasteiger partial charge in [0.05, 0.1) is 17.6 Å². The van der Waals surface area contributed by atoms with Gasteiger partial charge in [0.15, 0.2) is 0 Å². The van der Waals surface area contributed by atoms with E-state index in [1.54, 1.807) is 0 Å². The summed E-state index contributed by atoms with van der Waals surface area (Å²) in [4.78, 5) is 7.03. The first-order valence-electron chi connectivity index (χ1n) is 6.68. The van der Waals surface area contributed by atoms with Crippen LogP contribution >= 0.6 is 0 Å². The van der Waals surface area contributed by atoms with Gasteiger partial charge in [-0.2, -0.15) is 0 Å². The molecule has 1 aromatic rings. The van der Waals surface area contributed by atoms with Gasteiger partial charge in [0.2, 0.25) is 0 Å². The SMILES string of the molecule is CCNC(C)c1ccc(N2CCCC2C)cn1. The van der Waals surface area contributed by atoms with Crippen LogP contribution in [-0.4, -0.2) is 24.1 Å². The molecular formula is C14H23N3. The Kier molecular flexibility index (Phi) is 4.00. The number of pyridine rings is 1. The van der Waals surface area contributed by atoms with Crippen LogP contribution < -0.4 is 10.2 Å². The summed E-state index contributed by atoms with van der Waals surface area (Å²) in [7, 11) is 0. The van der Waals surface area contributed by atoms with Crippen LogP contribution in [-0.2, 0) is 0 Å². The Hall–Kier alpha value is -1.09. The van der Waals surface area contributed by atoms with Crippen molar-refractivity contribution in [3.8, 4) is 0 Å². The topological polar surface area (TPSA) is 28.2 Å². The maximum atomic E-state index is 4.57. The van der Waals surface area contributed by atoms with Crippen molar-refractivity contribution < 1.29 is 0 Å². The zero-order chi connectivity index (χ0) is 12.3. The first kappa shape index (κ1) is 12.4. The van der Waals surface area contributed by atoms with E-state index < -0.39 is 0 Å². The first-order valence-corrected chi connectivity index (χ1v) is 6.68. The van der Waals surface area contributed by atoms with Gasteiger partial charge in [0.1, 0.15) is 0 Å². The van der Waals surface area contributed by atoms with Gasteiger partial charge in [-0.1, -0.05) is 6.92 Å². The summed E-state index contributed by atoms with van der Waals surface area (Å²) in [6, 6.07) is 5.35. The fourth-order valence-electron chi connectivity index (χ4n) is 2.55. The van der Waals surface area contributed by atoms with Crippen LogP contribution in [0.2, 0.25) is 0 Å². The number of rotatable bonds is 4. The molecule has 3 nitrogen and oxygen atoms in total. The van der Waals surface area contributed by atoms with Crippen molar-refractivity contribution >= 4 is 5.69 Å². The van der Waals surface area contributed by atoms with Crippen LogP contribution in [0.4, 0.5) is 5.69 Å². The maximum Gasteiger partial charge on any atom is 0.0572 e. The Morgan fingerprint density at radius 2 is 2.35 bits per heavy atom. The first-order chi connectivity index (χ1) is 8.22. The third kappa shape index (κ3) is 2.78. The molecule has 1 fully saturated rings. The average Bonchev–Trinajstić information content (AvgIpc) is 2.76. The van der Waals surface area contributed by atoms with Gasteiger partial charge in [-0.05, 0) is 45.4 Å². The second-order valence-corrected chi connectivity index (χ2v) is 4.91. The molecule has 0 aromatic carbocycles. The van der Waals surface area contributed by atoms with Crippen LogP contribution in [0.25, 0.3) is 0 Å². The molecule has 2 heterocycles. The molecule has 0 bridgehead atoms. The van der Waals surface area contributed by atoms with E-state index >= 15 is 0 Å². The van der Waals surface area contributed by atoms with E-state index in [1.807, 2.05) is 6.20 Å². The highest BCUT2D eigenvalue weighted by Crippen LogP contribution is 2.25. The highest BCUT2D eigenvalue weighted by molar-refractivity contribution is 5.46. The molecule has 0 aliphatic carbocycles. The summed E-state index contributed by atoms with van der Waals surface area (Å²) in [5.74, 6) is 0. The molecule has 17 heavy (non-hydrogen) atoms. The second-order valence-electron chi connectivity index (χ2n) is 4.91. The van der Waals surface area contributed by atoms with Crippen LogP contribution in [0.15, 0.2) is 18.3 Å². The Morgan fingerprint density at radius 1 is 1.53 bits per heavy atom. The molecule has 0 spiro atoms. The van der Waals surface area contributed by atoms with E-state index in [0.717, 1.165) is 12.2 Å². The van der Waals surface area contributed by atoms with Gasteiger partial charge >= 0.3 is 0 Å². The number of nitrogens with one attached hydrogen (secondary N) is 1. The summed E-state index contributed by atoms with van der Waals surface area (Å²) in [6.07, 6.45) is 4.62. The molecule has 0 radical (unpaired) electrons. The average molecular weight is 233 g/mol. The lowest BCUT2D eigenvalue weighted by Gasteiger charge is -2.23. The number of hydrogen-bond donors (Lipinski definition) is 1. The van der Waals surface area contributed by atoms with Crippen molar-refractivity contribution in [1.82, 2.24) is 10.3 Å². The molecule has 2 atom stereocenters. The molecule has 1 aliphatic rings. The summed E-state index contributed by atoms with van der Waals surface area (Å²) in [5, 5.41) is 3.38. The van der Waals surface area contributed by atoms with Crippen LogP contribution in [0.1, 0.15) is 45.3 Å². The minimum absolute atomic E-state index is 0.338. The highest BCUT2D eigenvalue weighted by atomic mass is 15.2. The van der Waals surface area contributed by atoms with Crippen molar-refractivity contribution in [2.45, 2.75) is 45.7 Å². The fraction of sp³-hybridized carbons (Fsp3) is 0.643. The lowest BCUT2D eigenvalue weighted by atomic mass is 10.2. The van der Waals surface area contributed by atoms with Crippen molar-refractivity contribution in [2.75, 3.05) is 18.0 Å². The predicted molar refractivity (Wildman–Crippen MR) is 72.4 cm³/mol. The predicted octanol–water partition coefficient (Wildman–Crippen LogP) is 2.74. The third-order valence-electron chi connectivity index (χ3n) is 3.61. The molecule has 2 unspecified atom stereocenters. The van der Waals surface area contributed by atoms with E-state index in [1.165, 1.54) is 25.1 Å². The lowest BCUT2D eigenvalue weighted by Crippen LogP contribution is -2.26. The Morgan fingerprint density at radius 3 is 2.88 bits per heavy atom. The van der Waals surface area contributed by atoms with Crippen molar-refractivity contribution in [1.29, 1.82) is 0 Å². The summed E-state index contributed by atoms with van der Waals surface area (Å²) < 4.78 is 0. The van der Waals surface area contributed by atoms with Gasteiger partial charge in [-0.15, -0.1) is 0 Å². The van der Waals surface area contributed by atoms with Gasteiger partial charge in [-0.25, -0.2) is 0 Å². The molecule has 1 aromatic heterocycles. The number of anilines is 1. The summed E-state index contributed by atoms with van der Waals surface area (Å²) in [5.41, 5.74) is 2.39. The zero-order valence-electron chi connectivity index (χ0n) is 11.1. The molecule has 1 aliphatic heterocycles. The van der Waals surface area contributed by atoms with E-state index in [9.17, 15) is 0 Å². The minimum atomic E-state index is 0.338. The van der Waals surface area contributed by atoms with Crippen LogP contribution in [0.3, 0.4) is 0 Å². The molecule has 2 rings (SSSR count). The summed E-state index contributed by atoms with van der Waals surface area (Å²) in [6.45, 7) is 8.72. The summed E-state index contributed by atoms with van der Waals surface area (Å²) >= 11 is 0. The standard InChI is InChI=1S/C14H23N3/c1-4-15-12(3)14-8-7-13(10-16-14)17-9-5-6-11(17)2/h7-8,10-12,15H,4-6,9H2,1-3H3. The monoisotopic (exact) mass is 233 g/mol. The Labute approximate surface area is 104 Å². The fourth-order valence-corrected chi connectivity index (χ4v) is 2.55. The van der Waals surface area contributed by atoms with Gasteiger partial charge in [-0.3, -0.25) is 4.98 Å². The van der Waals surface area contributed by atoms with E-state index in [2.05, 4.69) is 48.1 Å². The van der Waals surface area contributed by atoms with Crippen LogP contribution in [0.5, 0.6) is 0 Å².